The molecule has 0 radical (unpaired) electrons. The predicted molar refractivity (Wildman–Crippen MR) is 90.4 cm³/mol. The zero-order valence-corrected chi connectivity index (χ0v) is 13.5. The first-order chi connectivity index (χ1) is 11.3. The average molecular weight is 316 g/mol. The average Bonchev–Trinajstić information content (AvgIpc) is 3.20. The topological polar surface area (TPSA) is 68.2 Å². The number of carbonyl (C=O) groups is 1. The Bertz CT molecular complexity index is 662. The number of aromatic nitrogens is 2. The van der Waals surface area contributed by atoms with E-state index in [1.165, 1.54) is 0 Å². The van der Waals surface area contributed by atoms with Gasteiger partial charge in [-0.25, -0.2) is 4.98 Å². The van der Waals surface area contributed by atoms with Crippen LogP contribution >= 0.6 is 0 Å². The van der Waals surface area contributed by atoms with E-state index >= 15 is 0 Å². The Balaban J connectivity index is 1.78. The third kappa shape index (κ3) is 3.71. The summed E-state index contributed by atoms with van der Waals surface area (Å²) in [5.41, 5.74) is 1.95. The highest BCUT2D eigenvalue weighted by molar-refractivity contribution is 5.93. The third-order valence-corrected chi connectivity index (χ3v) is 4.20. The van der Waals surface area contributed by atoms with Gasteiger partial charge in [0.2, 0.25) is 11.9 Å². The molecule has 1 aromatic carbocycles. The number of anilines is 1. The number of hydrogen-bond acceptors (Lipinski definition) is 4. The molecule has 1 amide bonds. The number of aryl methyl sites for hydroxylation is 1. The lowest BCUT2D eigenvalue weighted by Crippen LogP contribution is -2.26. The zero-order valence-electron chi connectivity index (χ0n) is 13.5. The summed E-state index contributed by atoms with van der Waals surface area (Å²) in [5.74, 6) is 0.725. The Morgan fingerprint density at radius 1 is 1.48 bits per heavy atom. The SMILES string of the molecule is CCOCCCn1c(NC(=O)C2CCNC2)nc2ccccc21. The molecule has 1 saturated heterocycles. The summed E-state index contributed by atoms with van der Waals surface area (Å²) in [7, 11) is 0. The van der Waals surface area contributed by atoms with E-state index in [4.69, 9.17) is 4.74 Å². The monoisotopic (exact) mass is 316 g/mol. The summed E-state index contributed by atoms with van der Waals surface area (Å²) in [4.78, 5) is 17.0. The lowest BCUT2D eigenvalue weighted by Gasteiger charge is -2.12. The van der Waals surface area contributed by atoms with Crippen LogP contribution in [-0.4, -0.2) is 41.8 Å². The van der Waals surface area contributed by atoms with Crippen molar-refractivity contribution in [3.05, 3.63) is 24.3 Å². The number of rotatable bonds is 7. The zero-order chi connectivity index (χ0) is 16.1. The molecular formula is C17H24N4O2. The first-order valence-corrected chi connectivity index (χ1v) is 8.34. The minimum absolute atomic E-state index is 0.0340. The number of imidazole rings is 1. The largest absolute Gasteiger partial charge is 0.382 e. The van der Waals surface area contributed by atoms with Gasteiger partial charge in [-0.15, -0.1) is 0 Å². The number of amides is 1. The van der Waals surface area contributed by atoms with Crippen molar-refractivity contribution in [1.29, 1.82) is 0 Å². The maximum absolute atomic E-state index is 12.4. The van der Waals surface area contributed by atoms with Crippen LogP contribution in [0.25, 0.3) is 11.0 Å². The number of fused-ring (bicyclic) bond motifs is 1. The fraction of sp³-hybridized carbons (Fsp3) is 0.529. The molecule has 1 fully saturated rings. The number of ether oxygens (including phenoxy) is 1. The highest BCUT2D eigenvalue weighted by Gasteiger charge is 2.24. The second-order valence-corrected chi connectivity index (χ2v) is 5.81. The van der Waals surface area contributed by atoms with Crippen LogP contribution in [0.4, 0.5) is 5.95 Å². The van der Waals surface area contributed by atoms with Crippen LogP contribution in [0.15, 0.2) is 24.3 Å². The molecule has 2 aromatic rings. The van der Waals surface area contributed by atoms with Gasteiger partial charge < -0.3 is 14.6 Å². The van der Waals surface area contributed by atoms with Gasteiger partial charge in [-0.2, -0.15) is 0 Å². The van der Waals surface area contributed by atoms with Crippen molar-refractivity contribution in [2.45, 2.75) is 26.3 Å². The van der Waals surface area contributed by atoms with E-state index in [1.54, 1.807) is 0 Å². The molecular weight excluding hydrogens is 292 g/mol. The summed E-state index contributed by atoms with van der Waals surface area (Å²) in [6.07, 6.45) is 1.78. The van der Waals surface area contributed by atoms with Gasteiger partial charge in [-0.1, -0.05) is 12.1 Å². The predicted octanol–water partition coefficient (Wildman–Crippen LogP) is 2.01. The van der Waals surface area contributed by atoms with E-state index in [-0.39, 0.29) is 11.8 Å². The van der Waals surface area contributed by atoms with E-state index in [9.17, 15) is 4.79 Å². The standard InChI is InChI=1S/C17H24N4O2/c1-2-23-11-5-10-21-15-7-4-3-6-14(15)19-17(21)20-16(22)13-8-9-18-12-13/h3-4,6-7,13,18H,2,5,8-12H2,1H3,(H,19,20,22). The summed E-state index contributed by atoms with van der Waals surface area (Å²) in [6.45, 7) is 5.86. The molecule has 0 aliphatic carbocycles. The van der Waals surface area contributed by atoms with Crippen LogP contribution in [-0.2, 0) is 16.1 Å². The van der Waals surface area contributed by atoms with Crippen LogP contribution in [0.3, 0.4) is 0 Å². The molecule has 2 N–H and O–H groups in total. The summed E-state index contributed by atoms with van der Waals surface area (Å²) >= 11 is 0. The van der Waals surface area contributed by atoms with Gasteiger partial charge in [0.1, 0.15) is 0 Å². The van der Waals surface area contributed by atoms with Gasteiger partial charge in [0.15, 0.2) is 0 Å². The minimum atomic E-state index is 0.0340. The van der Waals surface area contributed by atoms with Crippen molar-refractivity contribution < 1.29 is 9.53 Å². The Kier molecular flexibility index (Phi) is 5.25. The number of carbonyl (C=O) groups excluding carboxylic acids is 1. The molecule has 1 aliphatic heterocycles. The van der Waals surface area contributed by atoms with Crippen LogP contribution in [0.2, 0.25) is 0 Å². The van der Waals surface area contributed by atoms with Gasteiger partial charge in [-0.05, 0) is 38.4 Å². The molecule has 1 aromatic heterocycles. The number of hydrogen-bond donors (Lipinski definition) is 2. The van der Waals surface area contributed by atoms with Crippen LogP contribution in [0.1, 0.15) is 19.8 Å². The van der Waals surface area contributed by atoms with Crippen molar-refractivity contribution >= 4 is 22.9 Å². The second-order valence-electron chi connectivity index (χ2n) is 5.81. The molecule has 2 heterocycles. The van der Waals surface area contributed by atoms with Crippen molar-refractivity contribution in [2.24, 2.45) is 5.92 Å². The molecule has 3 rings (SSSR count). The van der Waals surface area contributed by atoms with Gasteiger partial charge >= 0.3 is 0 Å². The van der Waals surface area contributed by atoms with Gasteiger partial charge in [0, 0.05) is 26.3 Å². The third-order valence-electron chi connectivity index (χ3n) is 4.20. The molecule has 6 nitrogen and oxygen atoms in total. The number of nitrogens with one attached hydrogen (secondary N) is 2. The van der Waals surface area contributed by atoms with Gasteiger partial charge in [-0.3, -0.25) is 10.1 Å². The van der Waals surface area contributed by atoms with Crippen LogP contribution in [0, 0.1) is 5.92 Å². The van der Waals surface area contributed by atoms with E-state index in [1.807, 2.05) is 31.2 Å². The summed E-state index contributed by atoms with van der Waals surface area (Å²) in [5, 5.41) is 6.24. The highest BCUT2D eigenvalue weighted by atomic mass is 16.5. The molecule has 0 spiro atoms. The first kappa shape index (κ1) is 16.0. The van der Waals surface area contributed by atoms with Crippen molar-refractivity contribution in [3.63, 3.8) is 0 Å². The molecule has 0 bridgehead atoms. The van der Waals surface area contributed by atoms with Crippen LogP contribution < -0.4 is 10.6 Å². The summed E-state index contributed by atoms with van der Waals surface area (Å²) < 4.78 is 7.49. The number of para-hydroxylation sites is 2. The van der Waals surface area contributed by atoms with Crippen molar-refractivity contribution in [2.75, 3.05) is 31.6 Å². The number of benzene rings is 1. The lowest BCUT2D eigenvalue weighted by molar-refractivity contribution is -0.119. The molecule has 23 heavy (non-hydrogen) atoms. The maximum Gasteiger partial charge on any atom is 0.231 e. The molecule has 0 saturated carbocycles. The van der Waals surface area contributed by atoms with Crippen molar-refractivity contribution in [1.82, 2.24) is 14.9 Å². The summed E-state index contributed by atoms with van der Waals surface area (Å²) in [6, 6.07) is 7.97. The second kappa shape index (κ2) is 7.57. The van der Waals surface area contributed by atoms with E-state index in [2.05, 4.69) is 20.2 Å². The smallest absolute Gasteiger partial charge is 0.231 e. The van der Waals surface area contributed by atoms with Crippen LogP contribution in [0.5, 0.6) is 0 Å². The highest BCUT2D eigenvalue weighted by Crippen LogP contribution is 2.21. The molecule has 6 heteroatoms. The fourth-order valence-corrected chi connectivity index (χ4v) is 2.96. The first-order valence-electron chi connectivity index (χ1n) is 8.34. The Hall–Kier alpha value is -1.92. The fourth-order valence-electron chi connectivity index (χ4n) is 2.96. The van der Waals surface area contributed by atoms with Crippen molar-refractivity contribution in [3.8, 4) is 0 Å². The quantitative estimate of drug-likeness (QED) is 0.767. The van der Waals surface area contributed by atoms with Gasteiger partial charge in [0.05, 0.1) is 17.0 Å². The number of nitrogens with zero attached hydrogens (tertiary/aromatic N) is 2. The minimum Gasteiger partial charge on any atom is -0.382 e. The molecule has 1 aliphatic rings. The molecule has 1 unspecified atom stereocenters. The van der Waals surface area contributed by atoms with Gasteiger partial charge in [0.25, 0.3) is 0 Å². The lowest BCUT2D eigenvalue weighted by atomic mass is 10.1. The van der Waals surface area contributed by atoms with E-state index in [0.717, 1.165) is 50.1 Å². The normalized spacial score (nSPS) is 17.7. The Morgan fingerprint density at radius 3 is 3.13 bits per heavy atom. The molecule has 124 valence electrons. The Labute approximate surface area is 136 Å². The van der Waals surface area contributed by atoms with E-state index in [0.29, 0.717) is 12.6 Å². The molecule has 1 atom stereocenters. The maximum atomic E-state index is 12.4. The Morgan fingerprint density at radius 2 is 2.35 bits per heavy atom. The van der Waals surface area contributed by atoms with E-state index < -0.39 is 0 Å².